The fourth-order valence-electron chi connectivity index (χ4n) is 1.35. The second-order valence-corrected chi connectivity index (χ2v) is 4.23. The molecular weight excluding hydrogens is 208 g/mol. The lowest BCUT2D eigenvalue weighted by molar-refractivity contribution is -0.140. The van der Waals surface area contributed by atoms with E-state index in [9.17, 15) is 9.59 Å². The van der Waals surface area contributed by atoms with Gasteiger partial charge in [0.1, 0.15) is 6.04 Å². The van der Waals surface area contributed by atoms with E-state index in [4.69, 9.17) is 5.11 Å². The van der Waals surface area contributed by atoms with Gasteiger partial charge in [-0.25, -0.2) is 0 Å². The second-order valence-electron chi connectivity index (χ2n) is 4.23. The van der Waals surface area contributed by atoms with E-state index in [2.05, 4.69) is 10.6 Å². The van der Waals surface area contributed by atoms with Crippen molar-refractivity contribution < 1.29 is 14.7 Å². The summed E-state index contributed by atoms with van der Waals surface area (Å²) < 4.78 is 0. The molecule has 0 fully saturated rings. The summed E-state index contributed by atoms with van der Waals surface area (Å²) in [6, 6.07) is -1.08. The average Bonchev–Trinajstić information content (AvgIpc) is 2.15. The molecule has 1 amide bonds. The van der Waals surface area contributed by atoms with E-state index in [-0.39, 0.29) is 11.9 Å². The van der Waals surface area contributed by atoms with E-state index in [1.807, 2.05) is 20.8 Å². The predicted octanol–water partition coefficient (Wildman–Crippen LogP) is 0.742. The summed E-state index contributed by atoms with van der Waals surface area (Å²) in [6.07, 6.45) is 1.29. The fourth-order valence-corrected chi connectivity index (χ4v) is 1.35. The van der Waals surface area contributed by atoms with Gasteiger partial charge in [0.2, 0.25) is 5.91 Å². The van der Waals surface area contributed by atoms with Gasteiger partial charge in [-0.15, -0.1) is 0 Å². The highest BCUT2D eigenvalue weighted by atomic mass is 16.4. The van der Waals surface area contributed by atoms with Crippen molar-refractivity contribution in [1.29, 1.82) is 0 Å². The molecule has 0 aromatic carbocycles. The van der Waals surface area contributed by atoms with Crippen LogP contribution < -0.4 is 10.6 Å². The summed E-state index contributed by atoms with van der Waals surface area (Å²) in [5.74, 6) is -1.08. The molecule has 0 aliphatic carbocycles. The summed E-state index contributed by atoms with van der Waals surface area (Å²) in [6.45, 7) is 7.32. The Morgan fingerprint density at radius 1 is 1.25 bits per heavy atom. The maximum Gasteiger partial charge on any atom is 0.320 e. The lowest BCUT2D eigenvalue weighted by Gasteiger charge is -2.20. The minimum atomic E-state index is -0.911. The van der Waals surface area contributed by atoms with Gasteiger partial charge in [-0.2, -0.15) is 0 Å². The van der Waals surface area contributed by atoms with E-state index in [0.717, 1.165) is 6.42 Å². The van der Waals surface area contributed by atoms with Crippen molar-refractivity contribution in [3.63, 3.8) is 0 Å². The third kappa shape index (κ3) is 5.70. The molecule has 3 N–H and O–H groups in total. The van der Waals surface area contributed by atoms with E-state index in [0.29, 0.717) is 6.42 Å². The van der Waals surface area contributed by atoms with Crippen LogP contribution in [0.1, 0.15) is 40.5 Å². The smallest absolute Gasteiger partial charge is 0.320 e. The first-order valence-electron chi connectivity index (χ1n) is 5.67. The molecule has 0 spiro atoms. The summed E-state index contributed by atoms with van der Waals surface area (Å²) in [4.78, 5) is 22.4. The molecule has 2 atom stereocenters. The van der Waals surface area contributed by atoms with Gasteiger partial charge < -0.3 is 10.4 Å². The summed E-state index contributed by atoms with van der Waals surface area (Å²) in [5, 5.41) is 14.5. The van der Waals surface area contributed by atoms with Gasteiger partial charge in [-0.1, -0.05) is 13.3 Å². The Balaban J connectivity index is 4.22. The second kappa shape index (κ2) is 7.22. The summed E-state index contributed by atoms with van der Waals surface area (Å²) in [7, 11) is 0. The highest BCUT2D eigenvalue weighted by molar-refractivity contribution is 5.82. The van der Waals surface area contributed by atoms with Crippen LogP contribution in [0.3, 0.4) is 0 Å². The zero-order valence-electron chi connectivity index (χ0n) is 10.4. The van der Waals surface area contributed by atoms with Gasteiger partial charge in [0.25, 0.3) is 0 Å². The Hall–Kier alpha value is -1.10. The number of rotatable bonds is 7. The lowest BCUT2D eigenvalue weighted by Crippen LogP contribution is -2.50. The molecule has 5 heteroatoms. The molecule has 0 aliphatic rings. The van der Waals surface area contributed by atoms with Crippen molar-refractivity contribution in [1.82, 2.24) is 10.6 Å². The van der Waals surface area contributed by atoms with Crippen LogP contribution in [0.5, 0.6) is 0 Å². The fraction of sp³-hybridized carbons (Fsp3) is 0.818. The highest BCUT2D eigenvalue weighted by Crippen LogP contribution is 1.99. The van der Waals surface area contributed by atoms with Crippen molar-refractivity contribution in [3.8, 4) is 0 Å². The molecule has 16 heavy (non-hydrogen) atoms. The normalized spacial score (nSPS) is 14.6. The number of hydrogen-bond donors (Lipinski definition) is 3. The van der Waals surface area contributed by atoms with Crippen LogP contribution in [0.25, 0.3) is 0 Å². The Labute approximate surface area is 96.6 Å². The maximum atomic E-state index is 11.5. The summed E-state index contributed by atoms with van der Waals surface area (Å²) >= 11 is 0. The predicted molar refractivity (Wildman–Crippen MR) is 62.2 cm³/mol. The third-order valence-corrected chi connectivity index (χ3v) is 2.15. The number of hydrogen-bond acceptors (Lipinski definition) is 3. The quantitative estimate of drug-likeness (QED) is 0.603. The molecule has 0 saturated heterocycles. The van der Waals surface area contributed by atoms with E-state index >= 15 is 0 Å². The number of nitrogens with one attached hydrogen (secondary N) is 2. The molecule has 5 nitrogen and oxygen atoms in total. The van der Waals surface area contributed by atoms with Gasteiger partial charge >= 0.3 is 5.97 Å². The van der Waals surface area contributed by atoms with Crippen molar-refractivity contribution in [2.24, 2.45) is 0 Å². The van der Waals surface area contributed by atoms with Crippen LogP contribution in [0.2, 0.25) is 0 Å². The van der Waals surface area contributed by atoms with Crippen LogP contribution in [0.4, 0.5) is 0 Å². The Kier molecular flexibility index (Phi) is 6.72. The molecular formula is C11H22N2O3. The molecule has 0 saturated carbocycles. The van der Waals surface area contributed by atoms with Crippen LogP contribution in [0.15, 0.2) is 0 Å². The first kappa shape index (κ1) is 14.9. The minimum absolute atomic E-state index is 0.0613. The van der Waals surface area contributed by atoms with E-state index in [1.54, 1.807) is 6.92 Å². The van der Waals surface area contributed by atoms with Gasteiger partial charge in [0.15, 0.2) is 0 Å². The number of amides is 1. The number of aliphatic carboxylic acids is 1. The van der Waals surface area contributed by atoms with E-state index in [1.165, 1.54) is 0 Å². The van der Waals surface area contributed by atoms with Crippen LogP contribution >= 0.6 is 0 Å². The first-order valence-corrected chi connectivity index (χ1v) is 5.67. The zero-order chi connectivity index (χ0) is 12.7. The Bertz CT molecular complexity index is 241. The molecule has 0 rings (SSSR count). The standard InChI is InChI=1S/C11H22N2O3/c1-5-6-9(11(15)16)13-8(4)10(14)12-7(2)3/h7-9,13H,5-6H2,1-4H3,(H,12,14)(H,15,16). The number of carboxylic acid groups (broad SMARTS) is 1. The molecule has 0 aliphatic heterocycles. The monoisotopic (exact) mass is 230 g/mol. The first-order chi connectivity index (χ1) is 7.38. The van der Waals surface area contributed by atoms with Crippen LogP contribution in [0, 0.1) is 0 Å². The average molecular weight is 230 g/mol. The van der Waals surface area contributed by atoms with Gasteiger partial charge in [0, 0.05) is 6.04 Å². The largest absolute Gasteiger partial charge is 0.480 e. The zero-order valence-corrected chi connectivity index (χ0v) is 10.4. The molecule has 0 aromatic heterocycles. The van der Waals surface area contributed by atoms with Crippen molar-refractivity contribution in [2.45, 2.75) is 58.7 Å². The highest BCUT2D eigenvalue weighted by Gasteiger charge is 2.22. The SMILES string of the molecule is CCCC(NC(C)C(=O)NC(C)C)C(=O)O. The minimum Gasteiger partial charge on any atom is -0.480 e. The third-order valence-electron chi connectivity index (χ3n) is 2.15. The van der Waals surface area contributed by atoms with Gasteiger partial charge in [0.05, 0.1) is 6.04 Å². The molecule has 0 bridgehead atoms. The Morgan fingerprint density at radius 3 is 2.19 bits per heavy atom. The molecule has 0 aromatic rings. The van der Waals surface area contributed by atoms with Crippen molar-refractivity contribution >= 4 is 11.9 Å². The number of carboxylic acids is 1. The van der Waals surface area contributed by atoms with Gasteiger partial charge in [-0.3, -0.25) is 14.9 Å². The molecule has 0 radical (unpaired) electrons. The lowest BCUT2D eigenvalue weighted by atomic mass is 10.1. The molecule has 2 unspecified atom stereocenters. The Morgan fingerprint density at radius 2 is 1.81 bits per heavy atom. The molecule has 0 heterocycles. The van der Waals surface area contributed by atoms with Crippen molar-refractivity contribution in [3.05, 3.63) is 0 Å². The number of carbonyl (C=O) groups excluding carboxylic acids is 1. The number of carbonyl (C=O) groups is 2. The molecule has 94 valence electrons. The van der Waals surface area contributed by atoms with Crippen LogP contribution in [-0.2, 0) is 9.59 Å². The topological polar surface area (TPSA) is 78.4 Å². The summed E-state index contributed by atoms with van der Waals surface area (Å²) in [5.41, 5.74) is 0. The van der Waals surface area contributed by atoms with E-state index < -0.39 is 18.1 Å². The van der Waals surface area contributed by atoms with Crippen LogP contribution in [-0.4, -0.2) is 35.1 Å². The van der Waals surface area contributed by atoms with Gasteiger partial charge in [-0.05, 0) is 27.2 Å². The van der Waals surface area contributed by atoms with Crippen molar-refractivity contribution in [2.75, 3.05) is 0 Å². The maximum absolute atomic E-state index is 11.5.